The van der Waals surface area contributed by atoms with Crippen LogP contribution in [-0.2, 0) is 4.74 Å². The van der Waals surface area contributed by atoms with Gasteiger partial charge in [-0.3, -0.25) is 4.57 Å². The van der Waals surface area contributed by atoms with E-state index < -0.39 is 24.5 Å². The first-order valence-electron chi connectivity index (χ1n) is 14.5. The quantitative estimate of drug-likeness (QED) is 0.364. The number of aliphatic hydroxyl groups excluding tert-OH is 3. The molecule has 0 radical (unpaired) electrons. The average Bonchev–Trinajstić information content (AvgIpc) is 3.46. The molecule has 0 aromatic carbocycles. The molecule has 7 unspecified atom stereocenters. The number of nitrogens with zero attached hydrogens (tertiary/aromatic N) is 4. The lowest BCUT2D eigenvalue weighted by atomic mass is 9.52. The van der Waals surface area contributed by atoms with E-state index in [2.05, 4.69) is 67.0 Å². The highest BCUT2D eigenvalue weighted by molar-refractivity contribution is 5.82. The van der Waals surface area contributed by atoms with Crippen molar-refractivity contribution in [3.8, 4) is 0 Å². The molecule has 1 saturated carbocycles. The van der Waals surface area contributed by atoms with E-state index in [9.17, 15) is 15.3 Å². The minimum absolute atomic E-state index is 0.325. The summed E-state index contributed by atoms with van der Waals surface area (Å²) in [7, 11) is 0. The number of hydrogen-bond acceptors (Lipinski definition) is 8. The van der Waals surface area contributed by atoms with Crippen molar-refractivity contribution >= 4 is 17.0 Å². The van der Waals surface area contributed by atoms with Gasteiger partial charge in [0.25, 0.3) is 0 Å². The normalized spacial score (nSPS) is 34.7. The largest absolute Gasteiger partial charge is 0.394 e. The maximum Gasteiger partial charge on any atom is 0.167 e. The SMILES string of the molecule is CC(=CCNc1ncnc2c1ncn2C1OC(CO)C(O)C1O)CCC1(C)C(C)CC=C2C1CCCC2(C)C. The van der Waals surface area contributed by atoms with Crippen molar-refractivity contribution < 1.29 is 20.1 Å². The van der Waals surface area contributed by atoms with E-state index in [4.69, 9.17) is 4.74 Å². The molecule has 2 aromatic rings. The van der Waals surface area contributed by atoms with Crippen molar-refractivity contribution in [2.24, 2.45) is 22.7 Å². The summed E-state index contributed by atoms with van der Waals surface area (Å²) in [6.07, 6.45) is 11.0. The molecule has 5 rings (SSSR count). The van der Waals surface area contributed by atoms with Crippen molar-refractivity contribution in [1.29, 1.82) is 0 Å². The minimum Gasteiger partial charge on any atom is -0.394 e. The molecule has 0 bridgehead atoms. The van der Waals surface area contributed by atoms with Gasteiger partial charge in [-0.15, -0.1) is 0 Å². The lowest BCUT2D eigenvalue weighted by molar-refractivity contribution is -0.0511. The van der Waals surface area contributed by atoms with Crippen molar-refractivity contribution in [2.45, 2.75) is 97.7 Å². The molecule has 9 heteroatoms. The highest BCUT2D eigenvalue weighted by Crippen LogP contribution is 2.58. The summed E-state index contributed by atoms with van der Waals surface area (Å²) in [5.41, 5.74) is 4.78. The molecule has 1 aliphatic heterocycles. The number of allylic oxidation sites excluding steroid dienone is 3. The van der Waals surface area contributed by atoms with Crippen molar-refractivity contribution in [2.75, 3.05) is 18.5 Å². The zero-order valence-corrected chi connectivity index (χ0v) is 24.0. The zero-order chi connectivity index (χ0) is 27.9. The van der Waals surface area contributed by atoms with Gasteiger partial charge in [0.2, 0.25) is 0 Å². The van der Waals surface area contributed by atoms with E-state index in [0.29, 0.717) is 46.2 Å². The van der Waals surface area contributed by atoms with E-state index >= 15 is 0 Å². The van der Waals surface area contributed by atoms with Gasteiger partial charge in [0, 0.05) is 6.54 Å². The van der Waals surface area contributed by atoms with E-state index in [1.54, 1.807) is 10.1 Å². The molecule has 214 valence electrons. The Morgan fingerprint density at radius 2 is 2.00 bits per heavy atom. The van der Waals surface area contributed by atoms with Gasteiger partial charge in [-0.25, -0.2) is 15.0 Å². The van der Waals surface area contributed by atoms with Crippen LogP contribution >= 0.6 is 0 Å². The van der Waals surface area contributed by atoms with Crippen LogP contribution in [0.4, 0.5) is 5.82 Å². The summed E-state index contributed by atoms with van der Waals surface area (Å²) in [6, 6.07) is 0. The molecule has 1 saturated heterocycles. The first kappa shape index (κ1) is 28.2. The molecule has 7 atom stereocenters. The van der Waals surface area contributed by atoms with Crippen molar-refractivity contribution in [1.82, 2.24) is 19.5 Å². The number of fused-ring (bicyclic) bond motifs is 2. The number of aromatic nitrogens is 4. The third-order valence-corrected chi connectivity index (χ3v) is 9.99. The van der Waals surface area contributed by atoms with Crippen LogP contribution in [0.2, 0.25) is 0 Å². The molecule has 9 nitrogen and oxygen atoms in total. The van der Waals surface area contributed by atoms with Gasteiger partial charge in [0.15, 0.2) is 23.2 Å². The highest BCUT2D eigenvalue weighted by atomic mass is 16.6. The lowest BCUT2D eigenvalue weighted by Gasteiger charge is -2.53. The summed E-state index contributed by atoms with van der Waals surface area (Å²) in [6.45, 7) is 12.3. The Hall–Kier alpha value is -2.33. The van der Waals surface area contributed by atoms with Gasteiger partial charge < -0.3 is 25.4 Å². The van der Waals surface area contributed by atoms with Crippen LogP contribution in [0.5, 0.6) is 0 Å². The molecule has 39 heavy (non-hydrogen) atoms. The fourth-order valence-corrected chi connectivity index (χ4v) is 7.13. The minimum atomic E-state index is -1.20. The van der Waals surface area contributed by atoms with E-state index in [1.165, 1.54) is 50.3 Å². The molecule has 3 aliphatic rings. The van der Waals surface area contributed by atoms with Crippen LogP contribution in [-0.4, -0.2) is 66.3 Å². The molecule has 0 amide bonds. The molecular weight excluding hydrogens is 494 g/mol. The van der Waals surface area contributed by atoms with Crippen LogP contribution in [0.15, 0.2) is 36.0 Å². The highest BCUT2D eigenvalue weighted by Gasteiger charge is 2.48. The molecule has 2 fully saturated rings. The van der Waals surface area contributed by atoms with Crippen LogP contribution in [0, 0.1) is 22.7 Å². The maximum absolute atomic E-state index is 10.4. The first-order chi connectivity index (χ1) is 18.6. The molecule has 0 spiro atoms. The number of hydrogen-bond donors (Lipinski definition) is 4. The molecule has 4 N–H and O–H groups in total. The monoisotopic (exact) mass is 539 g/mol. The molecular formula is C30H45N5O4. The van der Waals surface area contributed by atoms with Crippen LogP contribution in [0.3, 0.4) is 0 Å². The van der Waals surface area contributed by atoms with Crippen molar-refractivity contribution in [3.63, 3.8) is 0 Å². The standard InChI is InChI=1S/C30H45N5O4/c1-18(10-13-30(5)19(2)8-9-20-21(30)7-6-12-29(20,3)4)11-14-31-26-23-27(33-16-32-26)35(17-34-23)28-25(38)24(37)22(15-36)39-28/h9,11,16-17,19,21-22,24-25,28,36-38H,6-8,10,12-15H2,1-5H3,(H,31,32,33). The van der Waals surface area contributed by atoms with E-state index in [0.717, 1.165) is 6.42 Å². The summed E-state index contributed by atoms with van der Waals surface area (Å²) in [5, 5.41) is 33.3. The number of anilines is 1. The van der Waals surface area contributed by atoms with Gasteiger partial charge in [-0.1, -0.05) is 57.4 Å². The number of rotatable bonds is 8. The second-order valence-corrected chi connectivity index (χ2v) is 12.8. The summed E-state index contributed by atoms with van der Waals surface area (Å²) < 4.78 is 7.23. The number of imidazole rings is 1. The van der Waals surface area contributed by atoms with E-state index in [1.807, 2.05) is 0 Å². The Bertz CT molecular complexity index is 1240. The maximum atomic E-state index is 10.4. The van der Waals surface area contributed by atoms with Crippen LogP contribution in [0.1, 0.15) is 79.4 Å². The lowest BCUT2D eigenvalue weighted by Crippen LogP contribution is -2.43. The summed E-state index contributed by atoms with van der Waals surface area (Å²) >= 11 is 0. The third kappa shape index (κ3) is 5.14. The summed E-state index contributed by atoms with van der Waals surface area (Å²) in [5.74, 6) is 1.98. The predicted molar refractivity (Wildman–Crippen MR) is 151 cm³/mol. The Labute approximate surface area is 231 Å². The first-order valence-corrected chi connectivity index (χ1v) is 14.5. The van der Waals surface area contributed by atoms with Gasteiger partial charge >= 0.3 is 0 Å². The second kappa shape index (κ2) is 10.9. The van der Waals surface area contributed by atoms with E-state index in [-0.39, 0.29) is 6.61 Å². The Morgan fingerprint density at radius 3 is 2.74 bits per heavy atom. The van der Waals surface area contributed by atoms with Crippen LogP contribution < -0.4 is 5.32 Å². The average molecular weight is 540 g/mol. The van der Waals surface area contributed by atoms with Crippen molar-refractivity contribution in [3.05, 3.63) is 36.0 Å². The molecule has 2 aromatic heterocycles. The van der Waals surface area contributed by atoms with Gasteiger partial charge in [0.05, 0.1) is 12.9 Å². The van der Waals surface area contributed by atoms with Gasteiger partial charge in [-0.2, -0.15) is 0 Å². The zero-order valence-electron chi connectivity index (χ0n) is 24.0. The number of nitrogens with one attached hydrogen (secondary N) is 1. The topological polar surface area (TPSA) is 126 Å². The van der Waals surface area contributed by atoms with Gasteiger partial charge in [-0.05, 0) is 61.7 Å². The summed E-state index contributed by atoms with van der Waals surface area (Å²) in [4.78, 5) is 13.2. The predicted octanol–water partition coefficient (Wildman–Crippen LogP) is 4.38. The second-order valence-electron chi connectivity index (χ2n) is 12.8. The number of aliphatic hydroxyl groups is 3. The molecule has 3 heterocycles. The Morgan fingerprint density at radius 1 is 1.21 bits per heavy atom. The Balaban J connectivity index is 1.23. The van der Waals surface area contributed by atoms with Gasteiger partial charge in [0.1, 0.15) is 24.6 Å². The Kier molecular flexibility index (Phi) is 7.90. The fraction of sp³-hybridized carbons (Fsp3) is 0.700. The van der Waals surface area contributed by atoms with Crippen LogP contribution in [0.25, 0.3) is 11.2 Å². The third-order valence-electron chi connectivity index (χ3n) is 9.99. The molecule has 2 aliphatic carbocycles. The fourth-order valence-electron chi connectivity index (χ4n) is 7.13. The number of ether oxygens (including phenoxy) is 1. The smallest absolute Gasteiger partial charge is 0.167 e.